The molecule has 0 saturated heterocycles. The molecule has 50 valence electrons. The lowest BCUT2D eigenvalue weighted by atomic mass is 10.8. The van der Waals surface area contributed by atoms with Gasteiger partial charge < -0.3 is 0 Å². The van der Waals surface area contributed by atoms with Gasteiger partial charge in [0.15, 0.2) is 0 Å². The van der Waals surface area contributed by atoms with E-state index in [0.717, 1.165) is 0 Å². The van der Waals surface area contributed by atoms with Crippen molar-refractivity contribution in [1.29, 1.82) is 0 Å². The zero-order valence-electron chi connectivity index (χ0n) is 4.81. The predicted octanol–water partition coefficient (Wildman–Crippen LogP) is -1.67. The van der Waals surface area contributed by atoms with Crippen LogP contribution in [0.3, 0.4) is 0 Å². The molecule has 0 saturated carbocycles. The molecule has 0 aliphatic rings. The molecular weight excluding hydrogens is 126 g/mol. The second-order valence-electron chi connectivity index (χ2n) is 1.21. The first-order valence-electron chi connectivity index (χ1n) is 2.30. The van der Waals surface area contributed by atoms with E-state index < -0.39 is 11.0 Å². The summed E-state index contributed by atoms with van der Waals surface area (Å²) in [5, 5.41) is 0. The Balaban J connectivity index is 2.99. The highest BCUT2D eigenvalue weighted by molar-refractivity contribution is 7.83. The Bertz CT molecular complexity index is 76.9. The minimum Gasteiger partial charge on any atom is -0.271 e. The SMILES string of the molecule is CNS(=O)CCNN. The Morgan fingerprint density at radius 1 is 1.75 bits per heavy atom. The van der Waals surface area contributed by atoms with Gasteiger partial charge in [-0.3, -0.25) is 11.3 Å². The molecule has 0 aromatic heterocycles. The first-order valence-corrected chi connectivity index (χ1v) is 3.62. The summed E-state index contributed by atoms with van der Waals surface area (Å²) in [5.74, 6) is 5.47. The molecule has 0 aromatic carbocycles. The van der Waals surface area contributed by atoms with Gasteiger partial charge in [0.1, 0.15) is 0 Å². The van der Waals surface area contributed by atoms with Gasteiger partial charge in [0, 0.05) is 6.54 Å². The first kappa shape index (κ1) is 8.03. The minimum absolute atomic E-state index is 0.549. The number of nitrogens with two attached hydrogens (primary N) is 1. The van der Waals surface area contributed by atoms with E-state index in [2.05, 4.69) is 10.1 Å². The lowest BCUT2D eigenvalue weighted by molar-refractivity contribution is 0.672. The quantitative estimate of drug-likeness (QED) is 0.321. The number of hydrazine groups is 1. The van der Waals surface area contributed by atoms with Crippen LogP contribution < -0.4 is 16.0 Å². The Morgan fingerprint density at radius 2 is 2.38 bits per heavy atom. The molecule has 0 rings (SSSR count). The minimum atomic E-state index is -0.919. The number of nitrogens with one attached hydrogen (secondary N) is 2. The maximum Gasteiger partial charge on any atom is 0.0926 e. The zero-order valence-corrected chi connectivity index (χ0v) is 5.62. The van der Waals surface area contributed by atoms with Gasteiger partial charge in [0.2, 0.25) is 0 Å². The monoisotopic (exact) mass is 137 g/mol. The van der Waals surface area contributed by atoms with Crippen LogP contribution in [0.2, 0.25) is 0 Å². The summed E-state index contributed by atoms with van der Waals surface area (Å²) in [6, 6.07) is 0. The number of hydrogen-bond donors (Lipinski definition) is 3. The van der Waals surface area contributed by atoms with Crippen molar-refractivity contribution in [3.05, 3.63) is 0 Å². The summed E-state index contributed by atoms with van der Waals surface area (Å²) < 4.78 is 13.1. The normalized spacial score (nSPS) is 13.8. The topological polar surface area (TPSA) is 67.2 Å². The summed E-state index contributed by atoms with van der Waals surface area (Å²) in [6.07, 6.45) is 0. The summed E-state index contributed by atoms with van der Waals surface area (Å²) in [4.78, 5) is 0. The molecule has 0 amide bonds. The van der Waals surface area contributed by atoms with E-state index in [4.69, 9.17) is 5.84 Å². The molecule has 0 aromatic rings. The van der Waals surface area contributed by atoms with E-state index in [1.165, 1.54) is 0 Å². The third-order valence-corrected chi connectivity index (χ3v) is 1.69. The molecule has 1 unspecified atom stereocenters. The molecule has 0 spiro atoms. The van der Waals surface area contributed by atoms with Crippen LogP contribution in [0.4, 0.5) is 0 Å². The van der Waals surface area contributed by atoms with Crippen molar-refractivity contribution in [3.63, 3.8) is 0 Å². The standard InChI is InChI=1S/C3H11N3OS/c1-5-8(7)3-2-6-4/h5-6H,2-4H2,1H3. The van der Waals surface area contributed by atoms with Gasteiger partial charge in [0.25, 0.3) is 0 Å². The van der Waals surface area contributed by atoms with E-state index in [1.54, 1.807) is 7.05 Å². The van der Waals surface area contributed by atoms with Crippen LogP contribution >= 0.6 is 0 Å². The first-order chi connectivity index (χ1) is 3.81. The highest BCUT2D eigenvalue weighted by atomic mass is 32.2. The van der Waals surface area contributed by atoms with Gasteiger partial charge in [-0.15, -0.1) is 0 Å². The molecule has 0 bridgehead atoms. The number of rotatable bonds is 4. The molecule has 0 radical (unpaired) electrons. The maximum atomic E-state index is 10.5. The summed E-state index contributed by atoms with van der Waals surface area (Å²) in [6.45, 7) is 0.577. The molecule has 0 heterocycles. The fraction of sp³-hybridized carbons (Fsp3) is 1.00. The van der Waals surface area contributed by atoms with Crippen molar-refractivity contribution in [2.45, 2.75) is 0 Å². The average molecular weight is 137 g/mol. The van der Waals surface area contributed by atoms with Crippen LogP contribution in [0.1, 0.15) is 0 Å². The van der Waals surface area contributed by atoms with Crippen molar-refractivity contribution in [2.75, 3.05) is 19.3 Å². The highest BCUT2D eigenvalue weighted by Gasteiger charge is 1.90. The molecule has 4 nitrogen and oxygen atoms in total. The molecule has 0 aliphatic carbocycles. The fourth-order valence-corrected chi connectivity index (χ4v) is 0.761. The lowest BCUT2D eigenvalue weighted by Crippen LogP contribution is -2.29. The van der Waals surface area contributed by atoms with Crippen molar-refractivity contribution in [2.24, 2.45) is 5.84 Å². The second kappa shape index (κ2) is 5.17. The van der Waals surface area contributed by atoms with Crippen LogP contribution in [0.5, 0.6) is 0 Å². The molecular formula is C3H11N3OS. The summed E-state index contributed by atoms with van der Waals surface area (Å²) in [7, 11) is 0.726. The van der Waals surface area contributed by atoms with E-state index >= 15 is 0 Å². The third-order valence-electron chi connectivity index (χ3n) is 0.659. The van der Waals surface area contributed by atoms with Gasteiger partial charge in [-0.25, -0.2) is 8.93 Å². The molecule has 4 N–H and O–H groups in total. The zero-order chi connectivity index (χ0) is 6.41. The smallest absolute Gasteiger partial charge is 0.0926 e. The maximum absolute atomic E-state index is 10.5. The third kappa shape index (κ3) is 4.20. The average Bonchev–Trinajstić information content (AvgIpc) is 1.83. The van der Waals surface area contributed by atoms with E-state index in [0.29, 0.717) is 12.3 Å². The predicted molar refractivity (Wildman–Crippen MR) is 34.3 cm³/mol. The van der Waals surface area contributed by atoms with Crippen LogP contribution in [0.25, 0.3) is 0 Å². The number of hydrogen-bond acceptors (Lipinski definition) is 3. The highest BCUT2D eigenvalue weighted by Crippen LogP contribution is 1.67. The Kier molecular flexibility index (Phi) is 5.19. The van der Waals surface area contributed by atoms with Gasteiger partial charge in [-0.2, -0.15) is 0 Å². The fourth-order valence-electron chi connectivity index (χ4n) is 0.254. The van der Waals surface area contributed by atoms with Crippen LogP contribution in [-0.2, 0) is 11.0 Å². The second-order valence-corrected chi connectivity index (χ2v) is 2.72. The van der Waals surface area contributed by atoms with E-state index in [-0.39, 0.29) is 0 Å². The van der Waals surface area contributed by atoms with E-state index in [9.17, 15) is 4.21 Å². The van der Waals surface area contributed by atoms with Crippen molar-refractivity contribution < 1.29 is 4.21 Å². The van der Waals surface area contributed by atoms with Crippen LogP contribution in [0.15, 0.2) is 0 Å². The van der Waals surface area contributed by atoms with Gasteiger partial charge in [-0.1, -0.05) is 0 Å². The molecule has 5 heteroatoms. The van der Waals surface area contributed by atoms with Crippen molar-refractivity contribution in [3.8, 4) is 0 Å². The molecule has 0 fully saturated rings. The van der Waals surface area contributed by atoms with Gasteiger partial charge >= 0.3 is 0 Å². The lowest BCUT2D eigenvalue weighted by Gasteiger charge is -1.96. The summed E-state index contributed by atoms with van der Waals surface area (Å²) in [5.41, 5.74) is 2.40. The molecule has 0 aliphatic heterocycles. The molecule has 8 heavy (non-hydrogen) atoms. The Labute approximate surface area is 51.4 Å². The Morgan fingerprint density at radius 3 is 2.75 bits per heavy atom. The van der Waals surface area contributed by atoms with Gasteiger partial charge in [0.05, 0.1) is 16.7 Å². The summed E-state index contributed by atoms with van der Waals surface area (Å²) >= 11 is 0. The van der Waals surface area contributed by atoms with Crippen molar-refractivity contribution in [1.82, 2.24) is 10.1 Å². The largest absolute Gasteiger partial charge is 0.271 e. The van der Waals surface area contributed by atoms with Crippen LogP contribution in [-0.4, -0.2) is 23.6 Å². The van der Waals surface area contributed by atoms with Crippen molar-refractivity contribution >= 4 is 11.0 Å². The molecule has 1 atom stereocenters. The van der Waals surface area contributed by atoms with Crippen LogP contribution in [0, 0.1) is 0 Å². The Hall–Kier alpha value is 0.0300. The van der Waals surface area contributed by atoms with E-state index in [1.807, 2.05) is 0 Å². The van der Waals surface area contributed by atoms with Gasteiger partial charge in [-0.05, 0) is 7.05 Å².